The van der Waals surface area contributed by atoms with E-state index >= 15 is 0 Å². The molecule has 0 aliphatic rings. The van der Waals surface area contributed by atoms with E-state index in [2.05, 4.69) is 19.8 Å². The molecule has 0 amide bonds. The third-order valence-electron chi connectivity index (χ3n) is 2.78. The van der Waals surface area contributed by atoms with Gasteiger partial charge < -0.3 is 4.57 Å². The third kappa shape index (κ3) is 2.31. The highest BCUT2D eigenvalue weighted by Gasteiger charge is 2.11. The Labute approximate surface area is 124 Å². The summed E-state index contributed by atoms with van der Waals surface area (Å²) < 4.78 is 1.77. The van der Waals surface area contributed by atoms with Gasteiger partial charge in [-0.25, -0.2) is 9.83 Å². The molecule has 0 atom stereocenters. The molecule has 3 aromatic rings. The number of pyridine rings is 2. The van der Waals surface area contributed by atoms with Crippen LogP contribution in [0.4, 0.5) is 5.69 Å². The lowest BCUT2D eigenvalue weighted by atomic mass is 10.3. The zero-order valence-electron chi connectivity index (χ0n) is 10.1. The molecule has 0 aromatic carbocycles. The predicted octanol–water partition coefficient (Wildman–Crippen LogP) is 3.73. The van der Waals surface area contributed by atoms with Gasteiger partial charge in [0.2, 0.25) is 11.0 Å². The first-order chi connectivity index (χ1) is 9.67. The second-order valence-electron chi connectivity index (χ2n) is 4.08. The number of fused-ring (bicyclic) bond motifs is 1. The molecule has 5 nitrogen and oxygen atoms in total. The Balaban J connectivity index is 2.03. The molecule has 0 radical (unpaired) electrons. The molecule has 0 spiro atoms. The van der Waals surface area contributed by atoms with Crippen LogP contribution in [0.3, 0.4) is 0 Å². The summed E-state index contributed by atoms with van der Waals surface area (Å²) >= 11 is 12.1. The largest absolute Gasteiger partial charge is 0.307 e. The van der Waals surface area contributed by atoms with E-state index in [0.29, 0.717) is 28.2 Å². The van der Waals surface area contributed by atoms with Crippen LogP contribution >= 0.6 is 23.2 Å². The molecule has 3 rings (SSSR count). The van der Waals surface area contributed by atoms with Gasteiger partial charge in [-0.3, -0.25) is 4.98 Å². The Kier molecular flexibility index (Phi) is 3.26. The summed E-state index contributed by atoms with van der Waals surface area (Å²) in [5, 5.41) is 0.845. The number of nitrogens with zero attached hydrogens (tertiary/aromatic N) is 5. The fourth-order valence-electron chi connectivity index (χ4n) is 1.84. The van der Waals surface area contributed by atoms with Crippen molar-refractivity contribution in [1.29, 1.82) is 0 Å². The number of hydrogen-bond donors (Lipinski definition) is 0. The summed E-state index contributed by atoms with van der Waals surface area (Å²) in [6.07, 6.45) is 3.06. The van der Waals surface area contributed by atoms with Crippen molar-refractivity contribution < 1.29 is 0 Å². The van der Waals surface area contributed by atoms with Gasteiger partial charge in [0, 0.05) is 12.4 Å². The lowest BCUT2D eigenvalue weighted by Gasteiger charge is -2.05. The fourth-order valence-corrected chi connectivity index (χ4v) is 2.23. The lowest BCUT2D eigenvalue weighted by molar-refractivity contribution is 0.799. The highest BCUT2D eigenvalue weighted by Crippen LogP contribution is 2.22. The van der Waals surface area contributed by atoms with Gasteiger partial charge in [0.05, 0.1) is 29.4 Å². The summed E-state index contributed by atoms with van der Waals surface area (Å²) in [4.78, 5) is 15.8. The van der Waals surface area contributed by atoms with Crippen LogP contribution < -0.4 is 0 Å². The van der Waals surface area contributed by atoms with Gasteiger partial charge in [-0.1, -0.05) is 17.7 Å². The third-order valence-corrected chi connectivity index (χ3v) is 3.28. The minimum Gasteiger partial charge on any atom is -0.307 e. The van der Waals surface area contributed by atoms with Gasteiger partial charge in [0.15, 0.2) is 5.65 Å². The van der Waals surface area contributed by atoms with Gasteiger partial charge in [-0.15, -0.1) is 0 Å². The molecule has 0 bridgehead atoms. The molecule has 0 aliphatic carbocycles. The molecule has 0 saturated heterocycles. The molecule has 0 saturated carbocycles. The number of rotatable bonds is 2. The number of imidazole rings is 1. The molecular weight excluding hydrogens is 297 g/mol. The standard InChI is InChI=1S/C13H7Cl2N5/c1-16-9-2-3-10(17-6-9)7-20-11-4-8(14)5-18-12(11)19-13(20)15/h2-6H,7H2. The highest BCUT2D eigenvalue weighted by molar-refractivity contribution is 6.31. The zero-order chi connectivity index (χ0) is 14.1. The minimum atomic E-state index is 0.325. The van der Waals surface area contributed by atoms with Gasteiger partial charge in [-0.2, -0.15) is 4.98 Å². The van der Waals surface area contributed by atoms with E-state index in [1.165, 1.54) is 12.4 Å². The van der Waals surface area contributed by atoms with Crippen molar-refractivity contribution in [3.8, 4) is 0 Å². The predicted molar refractivity (Wildman–Crippen MR) is 77.1 cm³/mol. The normalized spacial score (nSPS) is 10.7. The van der Waals surface area contributed by atoms with Crippen LogP contribution in [0.2, 0.25) is 10.3 Å². The summed E-state index contributed by atoms with van der Waals surface area (Å²) in [5.41, 5.74) is 2.56. The fraction of sp³-hybridized carbons (Fsp3) is 0.0769. The van der Waals surface area contributed by atoms with Gasteiger partial charge >= 0.3 is 0 Å². The molecule has 0 unspecified atom stereocenters. The molecule has 0 N–H and O–H groups in total. The maximum atomic E-state index is 6.90. The highest BCUT2D eigenvalue weighted by atomic mass is 35.5. The van der Waals surface area contributed by atoms with E-state index in [9.17, 15) is 0 Å². The van der Waals surface area contributed by atoms with E-state index < -0.39 is 0 Å². The average Bonchev–Trinajstić information content (AvgIpc) is 2.76. The monoisotopic (exact) mass is 303 g/mol. The van der Waals surface area contributed by atoms with Crippen LogP contribution in [0.1, 0.15) is 5.69 Å². The van der Waals surface area contributed by atoms with Crippen LogP contribution in [0.15, 0.2) is 30.6 Å². The van der Waals surface area contributed by atoms with E-state index in [-0.39, 0.29) is 0 Å². The Morgan fingerprint density at radius 2 is 2.05 bits per heavy atom. The molecule has 3 aromatic heterocycles. The van der Waals surface area contributed by atoms with E-state index in [1.807, 2.05) is 0 Å². The molecule has 0 aliphatic heterocycles. The maximum absolute atomic E-state index is 6.90. The maximum Gasteiger partial charge on any atom is 0.205 e. The van der Waals surface area contributed by atoms with Crippen LogP contribution in [-0.2, 0) is 6.54 Å². The van der Waals surface area contributed by atoms with E-state index in [4.69, 9.17) is 29.8 Å². The summed E-state index contributed by atoms with van der Waals surface area (Å²) in [5.74, 6) is 0. The SMILES string of the molecule is [C-]#[N+]c1ccc(Cn2c(Cl)nc3ncc(Cl)cc32)nc1. The lowest BCUT2D eigenvalue weighted by Crippen LogP contribution is -2.01. The number of hydrogen-bond acceptors (Lipinski definition) is 3. The molecule has 0 fully saturated rings. The molecule has 3 heterocycles. The van der Waals surface area contributed by atoms with Crippen molar-refractivity contribution in [2.24, 2.45) is 0 Å². The molecular formula is C13H7Cl2N5. The zero-order valence-corrected chi connectivity index (χ0v) is 11.6. The van der Waals surface area contributed by atoms with E-state index in [0.717, 1.165) is 11.2 Å². The van der Waals surface area contributed by atoms with Crippen molar-refractivity contribution in [3.63, 3.8) is 0 Å². The van der Waals surface area contributed by atoms with E-state index in [1.54, 1.807) is 22.8 Å². The first-order valence-corrected chi connectivity index (χ1v) is 6.42. The second kappa shape index (κ2) is 5.08. The van der Waals surface area contributed by atoms with Gasteiger partial charge in [-0.05, 0) is 23.7 Å². The number of aromatic nitrogens is 4. The van der Waals surface area contributed by atoms with Crippen LogP contribution in [0.25, 0.3) is 16.0 Å². The Morgan fingerprint density at radius 3 is 2.75 bits per heavy atom. The van der Waals surface area contributed by atoms with Gasteiger partial charge in [0.25, 0.3) is 0 Å². The number of halogens is 2. The van der Waals surface area contributed by atoms with Gasteiger partial charge in [0.1, 0.15) is 0 Å². The first kappa shape index (κ1) is 12.9. The van der Waals surface area contributed by atoms with Crippen molar-refractivity contribution in [2.45, 2.75) is 6.54 Å². The Hall–Kier alpha value is -2.16. The van der Waals surface area contributed by atoms with Crippen molar-refractivity contribution >= 4 is 40.1 Å². The Bertz CT molecular complexity index is 817. The topological polar surface area (TPSA) is 48.0 Å². The van der Waals surface area contributed by atoms with Crippen LogP contribution in [0, 0.1) is 6.57 Å². The summed E-state index contributed by atoms with van der Waals surface area (Å²) in [6, 6.07) is 5.26. The minimum absolute atomic E-state index is 0.325. The second-order valence-corrected chi connectivity index (χ2v) is 4.86. The first-order valence-electron chi connectivity index (χ1n) is 5.67. The van der Waals surface area contributed by atoms with Crippen molar-refractivity contribution in [1.82, 2.24) is 19.5 Å². The smallest absolute Gasteiger partial charge is 0.205 e. The van der Waals surface area contributed by atoms with Crippen molar-refractivity contribution in [3.05, 3.63) is 58.0 Å². The Morgan fingerprint density at radius 1 is 1.20 bits per heavy atom. The average molecular weight is 304 g/mol. The molecule has 98 valence electrons. The van der Waals surface area contributed by atoms with Crippen molar-refractivity contribution in [2.75, 3.05) is 0 Å². The quantitative estimate of drug-likeness (QED) is 0.678. The van der Waals surface area contributed by atoms with Crippen LogP contribution in [0.5, 0.6) is 0 Å². The summed E-state index contributed by atoms with van der Waals surface area (Å²) in [6.45, 7) is 7.34. The molecule has 20 heavy (non-hydrogen) atoms. The molecule has 7 heteroatoms. The summed E-state index contributed by atoms with van der Waals surface area (Å²) in [7, 11) is 0. The van der Waals surface area contributed by atoms with Crippen LogP contribution in [-0.4, -0.2) is 19.5 Å².